The molecule has 1 heterocycles. The van der Waals surface area contributed by atoms with Crippen molar-refractivity contribution in [3.05, 3.63) is 53.6 Å². The Bertz CT molecular complexity index is 739. The van der Waals surface area contributed by atoms with Crippen molar-refractivity contribution in [2.24, 2.45) is 10.4 Å². The molecule has 5 nitrogen and oxygen atoms in total. The van der Waals surface area contributed by atoms with Crippen molar-refractivity contribution in [2.45, 2.75) is 66.6 Å². The van der Waals surface area contributed by atoms with E-state index in [1.807, 2.05) is 26.4 Å². The van der Waals surface area contributed by atoms with E-state index in [9.17, 15) is 0 Å². The second-order valence-corrected chi connectivity index (χ2v) is 8.49. The van der Waals surface area contributed by atoms with Gasteiger partial charge in [0, 0.05) is 38.6 Å². The molecule has 0 radical (unpaired) electrons. The fourth-order valence-corrected chi connectivity index (χ4v) is 2.94. The molecule has 2 N–H and O–H groups in total. The van der Waals surface area contributed by atoms with Crippen LogP contribution in [0.4, 0.5) is 0 Å². The zero-order valence-corrected chi connectivity index (χ0v) is 17.7. The van der Waals surface area contributed by atoms with Crippen molar-refractivity contribution in [1.82, 2.24) is 20.2 Å². The number of nitrogens with zero attached hydrogens (tertiary/aromatic N) is 3. The number of nitrogens with one attached hydrogen (secondary N) is 2. The van der Waals surface area contributed by atoms with Crippen LogP contribution in [0.25, 0.3) is 0 Å². The average molecular weight is 370 g/mol. The van der Waals surface area contributed by atoms with Gasteiger partial charge >= 0.3 is 0 Å². The number of guanidine groups is 1. The lowest BCUT2D eigenvalue weighted by molar-refractivity contribution is 0.346. The standard InChI is InChI=1S/C22H35N5/c1-17(10-11-22(3,4)5)26-21(23-6)25-15-19-8-7-9-20(14-19)16-27-13-12-24-18(27)2/h7-9,12-14,17H,10-11,15-16H2,1-6H3,(H2,23,25,26). The van der Waals surface area contributed by atoms with Crippen LogP contribution in [-0.2, 0) is 13.1 Å². The molecule has 0 bridgehead atoms. The first kappa shape index (κ1) is 21.0. The zero-order chi connectivity index (χ0) is 19.9. The third-order valence-corrected chi connectivity index (χ3v) is 4.66. The Labute approximate surface area is 164 Å². The number of hydrogen-bond donors (Lipinski definition) is 2. The third-order valence-electron chi connectivity index (χ3n) is 4.66. The molecule has 1 atom stereocenters. The van der Waals surface area contributed by atoms with Crippen molar-refractivity contribution in [1.29, 1.82) is 0 Å². The van der Waals surface area contributed by atoms with Gasteiger partial charge in [0.25, 0.3) is 0 Å². The molecule has 148 valence electrons. The van der Waals surface area contributed by atoms with Gasteiger partial charge in [0.15, 0.2) is 5.96 Å². The van der Waals surface area contributed by atoms with Crippen LogP contribution in [0.5, 0.6) is 0 Å². The minimum absolute atomic E-state index is 0.362. The summed E-state index contributed by atoms with van der Waals surface area (Å²) in [6.07, 6.45) is 6.18. The maximum atomic E-state index is 4.36. The quantitative estimate of drug-likeness (QED) is 0.570. The van der Waals surface area contributed by atoms with Gasteiger partial charge in [0.2, 0.25) is 0 Å². The van der Waals surface area contributed by atoms with Crippen LogP contribution in [0.15, 0.2) is 41.7 Å². The largest absolute Gasteiger partial charge is 0.354 e. The van der Waals surface area contributed by atoms with E-state index in [1.54, 1.807) is 0 Å². The van der Waals surface area contributed by atoms with Crippen LogP contribution in [0.3, 0.4) is 0 Å². The fourth-order valence-electron chi connectivity index (χ4n) is 2.94. The van der Waals surface area contributed by atoms with Gasteiger partial charge in [-0.3, -0.25) is 4.99 Å². The third kappa shape index (κ3) is 7.45. The highest BCUT2D eigenvalue weighted by Gasteiger charge is 2.13. The number of aromatic nitrogens is 2. The molecule has 1 aromatic carbocycles. The maximum absolute atomic E-state index is 4.36. The molecule has 0 aliphatic rings. The summed E-state index contributed by atoms with van der Waals surface area (Å²) < 4.78 is 2.16. The zero-order valence-electron chi connectivity index (χ0n) is 17.7. The van der Waals surface area contributed by atoms with Gasteiger partial charge in [0.1, 0.15) is 5.82 Å². The van der Waals surface area contributed by atoms with Gasteiger partial charge in [-0.1, -0.05) is 45.0 Å². The van der Waals surface area contributed by atoms with Gasteiger partial charge in [-0.25, -0.2) is 4.98 Å². The molecular formula is C22H35N5. The molecule has 0 aliphatic carbocycles. The molecule has 0 amide bonds. The Morgan fingerprint density at radius 2 is 2.00 bits per heavy atom. The van der Waals surface area contributed by atoms with Crippen molar-refractivity contribution < 1.29 is 0 Å². The van der Waals surface area contributed by atoms with Crippen LogP contribution in [-0.4, -0.2) is 28.6 Å². The monoisotopic (exact) mass is 369 g/mol. The van der Waals surface area contributed by atoms with Gasteiger partial charge in [-0.2, -0.15) is 0 Å². The lowest BCUT2D eigenvalue weighted by atomic mass is 9.89. The molecule has 2 rings (SSSR count). The summed E-state index contributed by atoms with van der Waals surface area (Å²) in [7, 11) is 1.82. The van der Waals surface area contributed by atoms with E-state index in [1.165, 1.54) is 17.5 Å². The van der Waals surface area contributed by atoms with E-state index in [0.717, 1.165) is 31.3 Å². The fraction of sp³-hybridized carbons (Fsp3) is 0.545. The molecule has 0 saturated heterocycles. The van der Waals surface area contributed by atoms with Gasteiger partial charge in [-0.05, 0) is 43.2 Å². The molecule has 1 unspecified atom stereocenters. The van der Waals surface area contributed by atoms with Crippen LogP contribution in [0.1, 0.15) is 57.5 Å². The first-order valence-electron chi connectivity index (χ1n) is 9.79. The number of rotatable bonds is 7. The van der Waals surface area contributed by atoms with Crippen molar-refractivity contribution >= 4 is 5.96 Å². The molecule has 2 aromatic rings. The van der Waals surface area contributed by atoms with Crippen LogP contribution < -0.4 is 10.6 Å². The molecule has 1 aromatic heterocycles. The highest BCUT2D eigenvalue weighted by Crippen LogP contribution is 2.21. The molecule has 0 aliphatic heterocycles. The average Bonchev–Trinajstić information content (AvgIpc) is 3.01. The van der Waals surface area contributed by atoms with Crippen molar-refractivity contribution in [3.8, 4) is 0 Å². The maximum Gasteiger partial charge on any atom is 0.191 e. The van der Waals surface area contributed by atoms with Crippen LogP contribution >= 0.6 is 0 Å². The van der Waals surface area contributed by atoms with Crippen molar-refractivity contribution in [3.63, 3.8) is 0 Å². The second-order valence-electron chi connectivity index (χ2n) is 8.49. The molecule has 0 saturated carbocycles. The Balaban J connectivity index is 1.87. The normalized spacial score (nSPS) is 13.5. The number of aliphatic imine (C=N–C) groups is 1. The Morgan fingerprint density at radius 1 is 1.26 bits per heavy atom. The van der Waals surface area contributed by atoms with E-state index in [2.05, 4.69) is 77.1 Å². The second kappa shape index (κ2) is 9.58. The Kier molecular flexibility index (Phi) is 7.45. The minimum atomic E-state index is 0.362. The molecule has 27 heavy (non-hydrogen) atoms. The highest BCUT2D eigenvalue weighted by molar-refractivity contribution is 5.79. The Morgan fingerprint density at radius 3 is 2.63 bits per heavy atom. The lowest BCUT2D eigenvalue weighted by Crippen LogP contribution is -2.42. The number of hydrogen-bond acceptors (Lipinski definition) is 2. The summed E-state index contributed by atoms with van der Waals surface area (Å²) in [5.41, 5.74) is 2.88. The molecular weight excluding hydrogens is 334 g/mol. The van der Waals surface area contributed by atoms with Crippen LogP contribution in [0.2, 0.25) is 0 Å². The van der Waals surface area contributed by atoms with E-state index >= 15 is 0 Å². The predicted molar refractivity (Wildman–Crippen MR) is 114 cm³/mol. The first-order valence-corrected chi connectivity index (χ1v) is 9.79. The van der Waals surface area contributed by atoms with Crippen molar-refractivity contribution in [2.75, 3.05) is 7.05 Å². The lowest BCUT2D eigenvalue weighted by Gasteiger charge is -2.23. The summed E-state index contributed by atoms with van der Waals surface area (Å²) >= 11 is 0. The predicted octanol–water partition coefficient (Wildman–Crippen LogP) is 4.12. The summed E-state index contributed by atoms with van der Waals surface area (Å²) in [5.74, 6) is 1.89. The van der Waals surface area contributed by atoms with E-state index in [4.69, 9.17) is 0 Å². The molecule has 0 spiro atoms. The summed E-state index contributed by atoms with van der Waals surface area (Å²) in [6, 6.07) is 9.05. The van der Waals surface area contributed by atoms with E-state index in [0.29, 0.717) is 11.5 Å². The topological polar surface area (TPSA) is 54.2 Å². The van der Waals surface area contributed by atoms with Crippen LogP contribution in [0, 0.1) is 12.3 Å². The smallest absolute Gasteiger partial charge is 0.191 e. The summed E-state index contributed by atoms with van der Waals surface area (Å²) in [5, 5.41) is 6.93. The molecule has 0 fully saturated rings. The van der Waals surface area contributed by atoms with Gasteiger partial charge < -0.3 is 15.2 Å². The van der Waals surface area contributed by atoms with Gasteiger partial charge in [0.05, 0.1) is 0 Å². The SMILES string of the molecule is CN=C(NCc1cccc(Cn2ccnc2C)c1)NC(C)CCC(C)(C)C. The number of imidazole rings is 1. The Hall–Kier alpha value is -2.30. The highest BCUT2D eigenvalue weighted by atomic mass is 15.2. The molecule has 5 heteroatoms. The van der Waals surface area contributed by atoms with E-state index < -0.39 is 0 Å². The van der Waals surface area contributed by atoms with E-state index in [-0.39, 0.29) is 0 Å². The number of benzene rings is 1. The number of aryl methyl sites for hydroxylation is 1. The first-order chi connectivity index (χ1) is 12.8. The van der Waals surface area contributed by atoms with Gasteiger partial charge in [-0.15, -0.1) is 0 Å². The summed E-state index contributed by atoms with van der Waals surface area (Å²) in [6.45, 7) is 12.7. The minimum Gasteiger partial charge on any atom is -0.354 e. The summed E-state index contributed by atoms with van der Waals surface area (Å²) in [4.78, 5) is 8.65.